The standard InChI is InChI=1S/C8H11NO3S/c1-9(11)4-7-3-6(5-13-7)8(10)12-2/h3,5,11H,4H2,1-2H3. The molecule has 1 rings (SSSR count). The van der Waals surface area contributed by atoms with E-state index in [0.717, 1.165) is 9.94 Å². The van der Waals surface area contributed by atoms with Crippen molar-refractivity contribution in [3.05, 3.63) is 21.9 Å². The van der Waals surface area contributed by atoms with Gasteiger partial charge in [-0.2, -0.15) is 5.06 Å². The molecule has 0 aromatic carbocycles. The van der Waals surface area contributed by atoms with Crippen LogP contribution in [0.2, 0.25) is 0 Å². The highest BCUT2D eigenvalue weighted by atomic mass is 32.1. The van der Waals surface area contributed by atoms with Crippen LogP contribution in [0.4, 0.5) is 0 Å². The highest BCUT2D eigenvalue weighted by molar-refractivity contribution is 7.10. The van der Waals surface area contributed by atoms with Gasteiger partial charge in [-0.25, -0.2) is 4.79 Å². The molecular weight excluding hydrogens is 190 g/mol. The minimum Gasteiger partial charge on any atom is -0.465 e. The maximum Gasteiger partial charge on any atom is 0.338 e. The van der Waals surface area contributed by atoms with Crippen molar-refractivity contribution in [1.29, 1.82) is 0 Å². The van der Waals surface area contributed by atoms with Gasteiger partial charge in [-0.05, 0) is 6.07 Å². The molecule has 0 bridgehead atoms. The molecule has 0 aliphatic rings. The molecule has 1 N–H and O–H groups in total. The Kier molecular flexibility index (Phi) is 3.41. The van der Waals surface area contributed by atoms with Crippen molar-refractivity contribution in [3.63, 3.8) is 0 Å². The molecule has 0 amide bonds. The Morgan fingerprint density at radius 1 is 1.77 bits per heavy atom. The lowest BCUT2D eigenvalue weighted by atomic mass is 10.3. The summed E-state index contributed by atoms with van der Waals surface area (Å²) in [6, 6.07) is 1.71. The van der Waals surface area contributed by atoms with Gasteiger partial charge in [0.2, 0.25) is 0 Å². The van der Waals surface area contributed by atoms with E-state index >= 15 is 0 Å². The number of carbonyl (C=O) groups excluding carboxylic acids is 1. The summed E-state index contributed by atoms with van der Waals surface area (Å²) in [5, 5.41) is 11.7. The molecule has 5 heteroatoms. The van der Waals surface area contributed by atoms with Crippen molar-refractivity contribution in [2.45, 2.75) is 6.54 Å². The third kappa shape index (κ3) is 2.80. The topological polar surface area (TPSA) is 49.8 Å². The molecule has 0 saturated carbocycles. The van der Waals surface area contributed by atoms with E-state index in [4.69, 9.17) is 5.21 Å². The van der Waals surface area contributed by atoms with Crippen LogP contribution in [-0.2, 0) is 11.3 Å². The fourth-order valence-electron chi connectivity index (χ4n) is 0.914. The van der Waals surface area contributed by atoms with Gasteiger partial charge in [-0.1, -0.05) is 0 Å². The number of carbonyl (C=O) groups is 1. The van der Waals surface area contributed by atoms with Gasteiger partial charge >= 0.3 is 5.97 Å². The van der Waals surface area contributed by atoms with Crippen LogP contribution in [-0.4, -0.2) is 30.4 Å². The second kappa shape index (κ2) is 4.36. The quantitative estimate of drug-likeness (QED) is 0.592. The van der Waals surface area contributed by atoms with Crippen molar-refractivity contribution in [1.82, 2.24) is 5.06 Å². The predicted octanol–water partition coefficient (Wildman–Crippen LogP) is 1.36. The van der Waals surface area contributed by atoms with Gasteiger partial charge in [0.05, 0.1) is 19.2 Å². The second-order valence-electron chi connectivity index (χ2n) is 2.61. The molecule has 13 heavy (non-hydrogen) atoms. The van der Waals surface area contributed by atoms with Crippen LogP contribution < -0.4 is 0 Å². The van der Waals surface area contributed by atoms with E-state index in [1.807, 2.05) is 0 Å². The number of thiophene rings is 1. The molecule has 0 spiro atoms. The average Bonchev–Trinajstić information content (AvgIpc) is 2.50. The third-order valence-electron chi connectivity index (χ3n) is 1.46. The molecule has 0 fully saturated rings. The van der Waals surface area contributed by atoms with Crippen LogP contribution in [0.25, 0.3) is 0 Å². The Balaban J connectivity index is 2.69. The van der Waals surface area contributed by atoms with Crippen molar-refractivity contribution in [3.8, 4) is 0 Å². The summed E-state index contributed by atoms with van der Waals surface area (Å²) >= 11 is 1.42. The van der Waals surface area contributed by atoms with Gasteiger partial charge < -0.3 is 9.94 Å². The minimum absolute atomic E-state index is 0.344. The van der Waals surface area contributed by atoms with E-state index in [2.05, 4.69) is 4.74 Å². The first-order chi connectivity index (χ1) is 6.13. The Hall–Kier alpha value is -0.910. The van der Waals surface area contributed by atoms with Gasteiger partial charge in [-0.3, -0.25) is 0 Å². The molecule has 0 aliphatic carbocycles. The first-order valence-electron chi connectivity index (χ1n) is 3.69. The first-order valence-corrected chi connectivity index (χ1v) is 4.57. The molecule has 0 saturated heterocycles. The van der Waals surface area contributed by atoms with Gasteiger partial charge in [0, 0.05) is 17.3 Å². The van der Waals surface area contributed by atoms with E-state index in [-0.39, 0.29) is 5.97 Å². The maximum absolute atomic E-state index is 11.0. The van der Waals surface area contributed by atoms with Gasteiger partial charge in [-0.15, -0.1) is 11.3 Å². The number of hydroxylamine groups is 2. The molecule has 1 aromatic heterocycles. The highest BCUT2D eigenvalue weighted by Crippen LogP contribution is 2.16. The average molecular weight is 201 g/mol. The van der Waals surface area contributed by atoms with E-state index in [1.165, 1.54) is 18.4 Å². The Labute approximate surface area is 80.3 Å². The van der Waals surface area contributed by atoms with Crippen LogP contribution in [0.5, 0.6) is 0 Å². The summed E-state index contributed by atoms with van der Waals surface area (Å²) in [5.41, 5.74) is 0.532. The normalized spacial score (nSPS) is 10.5. The van der Waals surface area contributed by atoms with Crippen molar-refractivity contribution in [2.75, 3.05) is 14.2 Å². The molecule has 0 radical (unpaired) electrons. The highest BCUT2D eigenvalue weighted by Gasteiger charge is 2.08. The summed E-state index contributed by atoms with van der Waals surface area (Å²) in [7, 11) is 2.90. The molecule has 1 aromatic rings. The van der Waals surface area contributed by atoms with Crippen molar-refractivity contribution < 1.29 is 14.7 Å². The Morgan fingerprint density at radius 2 is 2.46 bits per heavy atom. The molecule has 0 atom stereocenters. The summed E-state index contributed by atoms with van der Waals surface area (Å²) in [4.78, 5) is 11.9. The maximum atomic E-state index is 11.0. The fraction of sp³-hybridized carbons (Fsp3) is 0.375. The zero-order valence-electron chi connectivity index (χ0n) is 7.48. The van der Waals surface area contributed by atoms with Crippen molar-refractivity contribution in [2.24, 2.45) is 0 Å². The minimum atomic E-state index is -0.344. The fourth-order valence-corrected chi connectivity index (χ4v) is 1.81. The van der Waals surface area contributed by atoms with Crippen molar-refractivity contribution >= 4 is 17.3 Å². The molecular formula is C8H11NO3S. The summed E-state index contributed by atoms with van der Waals surface area (Å²) in [6.07, 6.45) is 0. The SMILES string of the molecule is COC(=O)c1csc(CN(C)O)c1. The predicted molar refractivity (Wildman–Crippen MR) is 48.9 cm³/mol. The molecule has 0 aliphatic heterocycles. The Bertz CT molecular complexity index is 295. The summed E-state index contributed by atoms with van der Waals surface area (Å²) in [6.45, 7) is 0.418. The van der Waals surface area contributed by atoms with Gasteiger partial charge in [0.1, 0.15) is 0 Å². The zero-order chi connectivity index (χ0) is 9.84. The number of hydrogen-bond donors (Lipinski definition) is 1. The summed E-state index contributed by atoms with van der Waals surface area (Å²) < 4.78 is 4.55. The van der Waals surface area contributed by atoms with Crippen LogP contribution in [0.15, 0.2) is 11.4 Å². The number of ether oxygens (including phenoxy) is 1. The largest absolute Gasteiger partial charge is 0.465 e. The lowest BCUT2D eigenvalue weighted by Crippen LogP contribution is -2.10. The first kappa shape index (κ1) is 10.2. The van der Waals surface area contributed by atoms with Crippen LogP contribution in [0, 0.1) is 0 Å². The molecule has 0 unspecified atom stereocenters. The smallest absolute Gasteiger partial charge is 0.338 e. The van der Waals surface area contributed by atoms with E-state index in [9.17, 15) is 4.79 Å². The third-order valence-corrected chi connectivity index (χ3v) is 2.38. The van der Waals surface area contributed by atoms with Gasteiger partial charge in [0.15, 0.2) is 0 Å². The number of hydrogen-bond acceptors (Lipinski definition) is 5. The van der Waals surface area contributed by atoms with E-state index < -0.39 is 0 Å². The second-order valence-corrected chi connectivity index (χ2v) is 3.60. The Morgan fingerprint density at radius 3 is 3.00 bits per heavy atom. The monoisotopic (exact) mass is 201 g/mol. The van der Waals surface area contributed by atoms with Crippen LogP contribution in [0.3, 0.4) is 0 Å². The number of esters is 1. The number of rotatable bonds is 3. The molecule has 4 nitrogen and oxygen atoms in total. The van der Waals surface area contributed by atoms with Crippen LogP contribution >= 0.6 is 11.3 Å². The number of nitrogens with zero attached hydrogens (tertiary/aromatic N) is 1. The molecule has 1 heterocycles. The van der Waals surface area contributed by atoms with E-state index in [0.29, 0.717) is 12.1 Å². The zero-order valence-corrected chi connectivity index (χ0v) is 8.30. The number of methoxy groups -OCH3 is 1. The lowest BCUT2D eigenvalue weighted by Gasteiger charge is -2.03. The van der Waals surface area contributed by atoms with E-state index in [1.54, 1.807) is 18.5 Å². The van der Waals surface area contributed by atoms with Gasteiger partial charge in [0.25, 0.3) is 0 Å². The lowest BCUT2D eigenvalue weighted by molar-refractivity contribution is -0.0723. The van der Waals surface area contributed by atoms with Crippen LogP contribution in [0.1, 0.15) is 15.2 Å². The summed E-state index contributed by atoms with van der Waals surface area (Å²) in [5.74, 6) is -0.344. The molecule has 72 valence electrons.